The zero-order valence-corrected chi connectivity index (χ0v) is 18.2. The molecular formula is C23H36O4. The molecule has 0 bridgehead atoms. The summed E-state index contributed by atoms with van der Waals surface area (Å²) in [6.45, 7) is 11.5. The summed E-state index contributed by atoms with van der Waals surface area (Å²) in [6, 6.07) is 3.99. The minimum Gasteiger partial charge on any atom is -0.496 e. The van der Waals surface area contributed by atoms with Crippen molar-refractivity contribution in [1.29, 1.82) is 0 Å². The fourth-order valence-electron chi connectivity index (χ4n) is 6.03. The molecule has 0 heterocycles. The Labute approximate surface area is 164 Å². The maximum Gasteiger partial charge on any atom is 0.164 e. The van der Waals surface area contributed by atoms with Crippen LogP contribution < -0.4 is 14.2 Å². The van der Waals surface area contributed by atoms with Crippen LogP contribution >= 0.6 is 0 Å². The van der Waals surface area contributed by atoms with Gasteiger partial charge >= 0.3 is 0 Å². The molecule has 4 unspecified atom stereocenters. The first kappa shape index (κ1) is 20.3. The molecule has 152 valence electrons. The molecule has 2 aliphatic rings. The summed E-state index contributed by atoms with van der Waals surface area (Å²) in [6.07, 6.45) is 3.94. The fraction of sp³-hybridized carbons (Fsp3) is 0.739. The average Bonchev–Trinajstić information content (AvgIpc) is 3.25. The molecule has 2 saturated carbocycles. The molecule has 2 aliphatic carbocycles. The number of fused-ring (bicyclic) bond motifs is 1. The van der Waals surface area contributed by atoms with Gasteiger partial charge in [0.1, 0.15) is 5.75 Å². The van der Waals surface area contributed by atoms with E-state index in [1.807, 2.05) is 6.07 Å². The number of benzene rings is 1. The predicted molar refractivity (Wildman–Crippen MR) is 108 cm³/mol. The Bertz CT molecular complexity index is 681. The number of hydrogen-bond acceptors (Lipinski definition) is 4. The summed E-state index contributed by atoms with van der Waals surface area (Å²) in [5.74, 6) is 3.55. The average molecular weight is 377 g/mol. The predicted octanol–water partition coefficient (Wildman–Crippen LogP) is 5.64. The van der Waals surface area contributed by atoms with E-state index >= 15 is 0 Å². The highest BCUT2D eigenvalue weighted by Crippen LogP contribution is 2.79. The van der Waals surface area contributed by atoms with Gasteiger partial charge in [0, 0.05) is 17.0 Å². The molecule has 2 fully saturated rings. The number of rotatable bonds is 7. The van der Waals surface area contributed by atoms with Crippen LogP contribution in [-0.4, -0.2) is 27.4 Å². The van der Waals surface area contributed by atoms with E-state index in [9.17, 15) is 0 Å². The van der Waals surface area contributed by atoms with Crippen LogP contribution in [-0.2, 0) is 4.74 Å². The zero-order valence-electron chi connectivity index (χ0n) is 18.2. The summed E-state index contributed by atoms with van der Waals surface area (Å²) in [5.41, 5.74) is 1.42. The standard InChI is InChI=1S/C23H36O4/c1-14(2)27-21(23-15(3)17(23)10-9-11-22(23,4)5)16-12-19(25-7)20(26-8)13-18(16)24-6/h12-15,17,21H,9-11H2,1-8H3. The second-order valence-electron chi connectivity index (χ2n) is 9.12. The molecule has 1 aromatic rings. The van der Waals surface area contributed by atoms with Crippen molar-refractivity contribution in [2.45, 2.75) is 66.1 Å². The maximum atomic E-state index is 6.67. The van der Waals surface area contributed by atoms with Gasteiger partial charge in [-0.2, -0.15) is 0 Å². The van der Waals surface area contributed by atoms with E-state index in [1.165, 1.54) is 19.3 Å². The van der Waals surface area contributed by atoms with Crippen molar-refractivity contribution < 1.29 is 18.9 Å². The molecule has 0 aliphatic heterocycles. The van der Waals surface area contributed by atoms with Gasteiger partial charge in [0.25, 0.3) is 0 Å². The number of methoxy groups -OCH3 is 3. The monoisotopic (exact) mass is 376 g/mol. The highest BCUT2D eigenvalue weighted by atomic mass is 16.5. The smallest absolute Gasteiger partial charge is 0.164 e. The van der Waals surface area contributed by atoms with Gasteiger partial charge in [0.2, 0.25) is 0 Å². The fourth-order valence-corrected chi connectivity index (χ4v) is 6.03. The van der Waals surface area contributed by atoms with Crippen molar-refractivity contribution >= 4 is 0 Å². The molecule has 0 aromatic heterocycles. The number of hydrogen-bond donors (Lipinski definition) is 0. The van der Waals surface area contributed by atoms with Gasteiger partial charge in [0.05, 0.1) is 33.5 Å². The molecule has 27 heavy (non-hydrogen) atoms. The van der Waals surface area contributed by atoms with Crippen LogP contribution in [0.15, 0.2) is 12.1 Å². The third kappa shape index (κ3) is 3.00. The van der Waals surface area contributed by atoms with Crippen molar-refractivity contribution in [1.82, 2.24) is 0 Å². The summed E-state index contributed by atoms with van der Waals surface area (Å²) in [4.78, 5) is 0. The van der Waals surface area contributed by atoms with Crippen LogP contribution in [0.25, 0.3) is 0 Å². The molecule has 0 N–H and O–H groups in total. The molecule has 0 radical (unpaired) electrons. The van der Waals surface area contributed by atoms with Crippen molar-refractivity contribution in [2.24, 2.45) is 22.7 Å². The third-order valence-corrected chi connectivity index (χ3v) is 7.21. The van der Waals surface area contributed by atoms with E-state index in [0.717, 1.165) is 17.1 Å². The minimum atomic E-state index is -0.0254. The Morgan fingerprint density at radius 2 is 1.56 bits per heavy atom. The first-order chi connectivity index (χ1) is 12.7. The molecule has 3 rings (SSSR count). The lowest BCUT2D eigenvalue weighted by Gasteiger charge is -2.45. The van der Waals surface area contributed by atoms with Crippen LogP contribution in [0.2, 0.25) is 0 Å². The van der Waals surface area contributed by atoms with Crippen LogP contribution in [0.1, 0.15) is 65.5 Å². The van der Waals surface area contributed by atoms with Gasteiger partial charge < -0.3 is 18.9 Å². The Kier molecular flexibility index (Phi) is 5.42. The summed E-state index contributed by atoms with van der Waals surface area (Å²) in [5, 5.41) is 0. The number of ether oxygens (including phenoxy) is 4. The van der Waals surface area contributed by atoms with Gasteiger partial charge in [-0.05, 0) is 50.0 Å². The van der Waals surface area contributed by atoms with Crippen molar-refractivity contribution in [3.05, 3.63) is 17.7 Å². The quantitative estimate of drug-likeness (QED) is 0.617. The zero-order chi connectivity index (χ0) is 20.0. The van der Waals surface area contributed by atoms with E-state index in [-0.39, 0.29) is 23.0 Å². The van der Waals surface area contributed by atoms with Gasteiger partial charge in [-0.15, -0.1) is 0 Å². The van der Waals surface area contributed by atoms with E-state index in [0.29, 0.717) is 17.6 Å². The first-order valence-corrected chi connectivity index (χ1v) is 10.2. The van der Waals surface area contributed by atoms with Gasteiger partial charge in [-0.25, -0.2) is 0 Å². The topological polar surface area (TPSA) is 36.9 Å². The molecule has 4 nitrogen and oxygen atoms in total. The van der Waals surface area contributed by atoms with Crippen LogP contribution in [0.3, 0.4) is 0 Å². The van der Waals surface area contributed by atoms with Crippen LogP contribution in [0.4, 0.5) is 0 Å². The Hall–Kier alpha value is -1.42. The van der Waals surface area contributed by atoms with Crippen LogP contribution in [0.5, 0.6) is 17.2 Å². The van der Waals surface area contributed by atoms with E-state index < -0.39 is 0 Å². The van der Waals surface area contributed by atoms with E-state index in [1.54, 1.807) is 21.3 Å². The van der Waals surface area contributed by atoms with Gasteiger partial charge in [-0.1, -0.05) is 27.2 Å². The van der Waals surface area contributed by atoms with Crippen molar-refractivity contribution in [2.75, 3.05) is 21.3 Å². The SMILES string of the molecule is COc1cc(OC)c(C(OC(C)C)C23C(C)C2CCCC3(C)C)cc1OC. The summed E-state index contributed by atoms with van der Waals surface area (Å²) >= 11 is 0. The normalized spacial score (nSPS) is 29.8. The second kappa shape index (κ2) is 7.20. The Morgan fingerprint density at radius 1 is 0.963 bits per heavy atom. The first-order valence-electron chi connectivity index (χ1n) is 10.2. The molecule has 1 aromatic carbocycles. The molecular weight excluding hydrogens is 340 g/mol. The highest BCUT2D eigenvalue weighted by Gasteiger charge is 2.73. The molecule has 0 amide bonds. The van der Waals surface area contributed by atoms with Gasteiger partial charge in [0.15, 0.2) is 11.5 Å². The maximum absolute atomic E-state index is 6.67. The molecule has 4 atom stereocenters. The van der Waals surface area contributed by atoms with E-state index in [2.05, 4.69) is 40.7 Å². The van der Waals surface area contributed by atoms with Crippen molar-refractivity contribution in [3.63, 3.8) is 0 Å². The van der Waals surface area contributed by atoms with Crippen molar-refractivity contribution in [3.8, 4) is 17.2 Å². The molecule has 0 saturated heterocycles. The van der Waals surface area contributed by atoms with Crippen LogP contribution in [0, 0.1) is 22.7 Å². The van der Waals surface area contributed by atoms with Gasteiger partial charge in [-0.3, -0.25) is 0 Å². The Balaban J connectivity index is 2.17. The Morgan fingerprint density at radius 3 is 2.07 bits per heavy atom. The lowest BCUT2D eigenvalue weighted by atomic mass is 9.63. The largest absolute Gasteiger partial charge is 0.496 e. The molecule has 0 spiro atoms. The minimum absolute atomic E-state index is 0.0254. The molecule has 4 heteroatoms. The highest BCUT2D eigenvalue weighted by molar-refractivity contribution is 5.53. The second-order valence-corrected chi connectivity index (χ2v) is 9.12. The summed E-state index contributed by atoms with van der Waals surface area (Å²) < 4.78 is 23.6. The third-order valence-electron chi connectivity index (χ3n) is 7.21. The van der Waals surface area contributed by atoms with E-state index in [4.69, 9.17) is 18.9 Å². The lowest BCUT2D eigenvalue weighted by Crippen LogP contribution is -2.38. The summed E-state index contributed by atoms with van der Waals surface area (Å²) in [7, 11) is 5.05. The lowest BCUT2D eigenvalue weighted by molar-refractivity contribution is -0.0975.